The van der Waals surface area contributed by atoms with E-state index < -0.39 is 0 Å². The van der Waals surface area contributed by atoms with E-state index in [1.807, 2.05) is 6.07 Å². The smallest absolute Gasteiger partial charge is 0.120 e. The molecule has 3 unspecified atom stereocenters. The van der Waals surface area contributed by atoms with Gasteiger partial charge in [-0.05, 0) is 65.6 Å². The lowest BCUT2D eigenvalue weighted by Gasteiger charge is -2.25. The second kappa shape index (κ2) is 6.56. The van der Waals surface area contributed by atoms with E-state index >= 15 is 0 Å². The standard InChI is InChI=1S/C21H25NO2/c1-14-15-6-8-20(14)22-21(13-15)18-4-3-17-12-19(24-10-9-23-2)7-5-16(17)11-18/h3-5,7,11-12,14-15,20H,6,8-10,13H2,1-2H3. The molecule has 1 aliphatic carbocycles. The van der Waals surface area contributed by atoms with Crippen LogP contribution in [0.4, 0.5) is 0 Å². The van der Waals surface area contributed by atoms with Crippen LogP contribution in [0.2, 0.25) is 0 Å². The minimum Gasteiger partial charge on any atom is -0.491 e. The molecule has 1 heterocycles. The Morgan fingerprint density at radius 3 is 2.71 bits per heavy atom. The first-order valence-corrected chi connectivity index (χ1v) is 8.97. The van der Waals surface area contributed by atoms with Crippen LogP contribution in [0.25, 0.3) is 10.8 Å². The summed E-state index contributed by atoms with van der Waals surface area (Å²) in [6, 6.07) is 13.5. The number of methoxy groups -OCH3 is 1. The molecule has 2 aliphatic rings. The van der Waals surface area contributed by atoms with Crippen molar-refractivity contribution < 1.29 is 9.47 Å². The first-order chi connectivity index (χ1) is 11.7. The molecule has 4 rings (SSSR count). The van der Waals surface area contributed by atoms with Gasteiger partial charge in [0, 0.05) is 12.8 Å². The Hall–Kier alpha value is -1.87. The second-order valence-electron chi connectivity index (χ2n) is 7.11. The molecule has 126 valence electrons. The summed E-state index contributed by atoms with van der Waals surface area (Å²) in [5, 5.41) is 2.46. The summed E-state index contributed by atoms with van der Waals surface area (Å²) in [4.78, 5) is 5.05. The highest BCUT2D eigenvalue weighted by molar-refractivity contribution is 6.04. The van der Waals surface area contributed by atoms with Gasteiger partial charge >= 0.3 is 0 Å². The van der Waals surface area contributed by atoms with Gasteiger partial charge in [0.25, 0.3) is 0 Å². The molecular weight excluding hydrogens is 298 g/mol. The molecule has 2 aromatic carbocycles. The Morgan fingerprint density at radius 2 is 1.88 bits per heavy atom. The van der Waals surface area contributed by atoms with Crippen molar-refractivity contribution in [1.82, 2.24) is 0 Å². The lowest BCUT2D eigenvalue weighted by molar-refractivity contribution is 0.146. The summed E-state index contributed by atoms with van der Waals surface area (Å²) in [6.45, 7) is 3.56. The van der Waals surface area contributed by atoms with Gasteiger partial charge in [0.2, 0.25) is 0 Å². The third-order valence-corrected chi connectivity index (χ3v) is 5.66. The summed E-state index contributed by atoms with van der Waals surface area (Å²) in [5.74, 6) is 2.49. The van der Waals surface area contributed by atoms with Crippen LogP contribution in [0.1, 0.15) is 31.7 Å². The van der Waals surface area contributed by atoms with Crippen molar-refractivity contribution in [3.63, 3.8) is 0 Å². The normalized spacial score (nSPS) is 25.8. The number of aliphatic imine (C=N–C) groups is 1. The van der Waals surface area contributed by atoms with E-state index in [-0.39, 0.29) is 0 Å². The van der Waals surface area contributed by atoms with E-state index in [9.17, 15) is 0 Å². The molecule has 2 bridgehead atoms. The van der Waals surface area contributed by atoms with Crippen LogP contribution in [-0.2, 0) is 4.74 Å². The SMILES string of the molecule is COCCOc1ccc2cc(C3=NC4CCC(C3)C4C)ccc2c1. The molecule has 0 aromatic heterocycles. The van der Waals surface area contributed by atoms with E-state index in [0.717, 1.165) is 24.0 Å². The molecule has 1 fully saturated rings. The van der Waals surface area contributed by atoms with Gasteiger partial charge in [-0.1, -0.05) is 25.1 Å². The number of hydrogen-bond donors (Lipinski definition) is 0. The van der Waals surface area contributed by atoms with E-state index in [4.69, 9.17) is 14.5 Å². The predicted molar refractivity (Wildman–Crippen MR) is 98.1 cm³/mol. The van der Waals surface area contributed by atoms with Crippen molar-refractivity contribution in [2.75, 3.05) is 20.3 Å². The van der Waals surface area contributed by atoms with Gasteiger partial charge in [-0.15, -0.1) is 0 Å². The number of benzene rings is 2. The summed E-state index contributed by atoms with van der Waals surface area (Å²) in [6.07, 6.45) is 3.75. The fourth-order valence-corrected chi connectivity index (χ4v) is 4.12. The third kappa shape index (κ3) is 2.93. The zero-order chi connectivity index (χ0) is 16.5. The van der Waals surface area contributed by atoms with E-state index in [1.54, 1.807) is 7.11 Å². The molecule has 0 saturated heterocycles. The molecule has 0 amide bonds. The van der Waals surface area contributed by atoms with Crippen molar-refractivity contribution in [1.29, 1.82) is 0 Å². The number of hydrogen-bond acceptors (Lipinski definition) is 3. The van der Waals surface area contributed by atoms with Crippen LogP contribution < -0.4 is 4.74 Å². The Labute approximate surface area is 143 Å². The molecule has 1 aliphatic heterocycles. The monoisotopic (exact) mass is 323 g/mol. The van der Waals surface area contributed by atoms with Crippen LogP contribution in [0.5, 0.6) is 5.75 Å². The Balaban J connectivity index is 1.58. The lowest BCUT2D eigenvalue weighted by atomic mass is 9.86. The van der Waals surface area contributed by atoms with Crippen molar-refractivity contribution >= 4 is 16.5 Å². The Morgan fingerprint density at radius 1 is 1.04 bits per heavy atom. The van der Waals surface area contributed by atoms with Crippen molar-refractivity contribution in [3.8, 4) is 5.75 Å². The van der Waals surface area contributed by atoms with Gasteiger partial charge in [0.15, 0.2) is 0 Å². The second-order valence-corrected chi connectivity index (χ2v) is 7.11. The summed E-state index contributed by atoms with van der Waals surface area (Å²) in [7, 11) is 1.69. The molecular formula is C21H25NO2. The molecule has 2 aromatic rings. The third-order valence-electron chi connectivity index (χ3n) is 5.66. The van der Waals surface area contributed by atoms with Gasteiger partial charge in [-0.25, -0.2) is 0 Å². The van der Waals surface area contributed by atoms with Crippen LogP contribution in [0, 0.1) is 11.8 Å². The van der Waals surface area contributed by atoms with Gasteiger partial charge < -0.3 is 9.47 Å². The van der Waals surface area contributed by atoms with Crippen molar-refractivity contribution in [3.05, 3.63) is 42.0 Å². The first kappa shape index (κ1) is 15.6. The number of fused-ring (bicyclic) bond motifs is 3. The van der Waals surface area contributed by atoms with Crippen LogP contribution in [-0.4, -0.2) is 32.1 Å². The highest BCUT2D eigenvalue weighted by Gasteiger charge is 2.37. The minimum atomic E-state index is 0.547. The molecule has 24 heavy (non-hydrogen) atoms. The number of ether oxygens (including phenoxy) is 2. The van der Waals surface area contributed by atoms with E-state index in [1.165, 1.54) is 34.9 Å². The fourth-order valence-electron chi connectivity index (χ4n) is 4.12. The highest BCUT2D eigenvalue weighted by Crippen LogP contribution is 2.41. The Kier molecular flexibility index (Phi) is 4.28. The maximum atomic E-state index is 5.70. The van der Waals surface area contributed by atoms with Gasteiger partial charge in [-0.2, -0.15) is 0 Å². The van der Waals surface area contributed by atoms with Crippen LogP contribution in [0.3, 0.4) is 0 Å². The maximum Gasteiger partial charge on any atom is 0.120 e. The first-order valence-electron chi connectivity index (χ1n) is 8.97. The van der Waals surface area contributed by atoms with Gasteiger partial charge in [0.1, 0.15) is 12.4 Å². The number of nitrogens with zero attached hydrogens (tertiary/aromatic N) is 1. The highest BCUT2D eigenvalue weighted by atomic mass is 16.5. The molecule has 3 heteroatoms. The quantitative estimate of drug-likeness (QED) is 0.760. The number of rotatable bonds is 5. The van der Waals surface area contributed by atoms with Crippen LogP contribution >= 0.6 is 0 Å². The van der Waals surface area contributed by atoms with Crippen molar-refractivity contribution in [2.24, 2.45) is 16.8 Å². The van der Waals surface area contributed by atoms with Gasteiger partial charge in [-0.3, -0.25) is 4.99 Å². The molecule has 0 N–H and O–H groups in total. The molecule has 3 atom stereocenters. The van der Waals surface area contributed by atoms with Crippen molar-refractivity contribution in [2.45, 2.75) is 32.2 Å². The summed E-state index contributed by atoms with van der Waals surface area (Å²) in [5.41, 5.74) is 2.60. The van der Waals surface area contributed by atoms with Gasteiger partial charge in [0.05, 0.1) is 12.6 Å². The van der Waals surface area contributed by atoms with E-state index in [0.29, 0.717) is 19.3 Å². The lowest BCUT2D eigenvalue weighted by Crippen LogP contribution is -2.24. The maximum absolute atomic E-state index is 5.70. The zero-order valence-corrected chi connectivity index (χ0v) is 14.5. The summed E-state index contributed by atoms with van der Waals surface area (Å²) >= 11 is 0. The summed E-state index contributed by atoms with van der Waals surface area (Å²) < 4.78 is 10.7. The van der Waals surface area contributed by atoms with Crippen LogP contribution in [0.15, 0.2) is 41.4 Å². The molecule has 0 radical (unpaired) electrons. The molecule has 3 nitrogen and oxygen atoms in total. The molecule has 0 spiro atoms. The minimum absolute atomic E-state index is 0.547. The van der Waals surface area contributed by atoms with E-state index in [2.05, 4.69) is 37.3 Å². The topological polar surface area (TPSA) is 30.8 Å². The average Bonchev–Trinajstić information content (AvgIpc) is 2.82. The largest absolute Gasteiger partial charge is 0.491 e. The predicted octanol–water partition coefficient (Wildman–Crippen LogP) is 4.47. The zero-order valence-electron chi connectivity index (χ0n) is 14.5. The fraction of sp³-hybridized carbons (Fsp3) is 0.476. The average molecular weight is 323 g/mol. The molecule has 1 saturated carbocycles. The Bertz CT molecular complexity index is 768.